The molecule has 0 atom stereocenters. The quantitative estimate of drug-likeness (QED) is 0.489. The summed E-state index contributed by atoms with van der Waals surface area (Å²) in [6.07, 6.45) is 4.64. The second-order valence-electron chi connectivity index (χ2n) is 2.68. The zero-order valence-electron chi connectivity index (χ0n) is 5.93. The molecule has 10 heavy (non-hydrogen) atoms. The molecule has 0 aromatic heterocycles. The van der Waals surface area contributed by atoms with E-state index in [1.54, 1.807) is 0 Å². The van der Waals surface area contributed by atoms with Crippen LogP contribution in [0.4, 0.5) is 0 Å². The van der Waals surface area contributed by atoms with Gasteiger partial charge in [-0.1, -0.05) is 6.42 Å². The number of rotatable bonds is 2. The average Bonchev–Trinajstić information content (AvgIpc) is 1.82. The van der Waals surface area contributed by atoms with Crippen molar-refractivity contribution in [3.63, 3.8) is 0 Å². The van der Waals surface area contributed by atoms with Crippen LogP contribution >= 0.6 is 0 Å². The minimum Gasteiger partial charge on any atom is -0.400 e. The van der Waals surface area contributed by atoms with Crippen LogP contribution < -0.4 is 11.5 Å². The maximum atomic E-state index is 6.84. The highest BCUT2D eigenvalue weighted by Crippen LogP contribution is 2.30. The first kappa shape index (κ1) is 7.12. The zero-order valence-corrected chi connectivity index (χ0v) is 5.93. The fourth-order valence-electron chi connectivity index (χ4n) is 1.04. The summed E-state index contributed by atoms with van der Waals surface area (Å²) in [5, 5.41) is 6.84. The van der Waals surface area contributed by atoms with Gasteiger partial charge in [0.2, 0.25) is 0 Å². The van der Waals surface area contributed by atoms with Crippen molar-refractivity contribution in [3.05, 3.63) is 11.4 Å². The predicted molar refractivity (Wildman–Crippen MR) is 41.5 cm³/mol. The van der Waals surface area contributed by atoms with Crippen LogP contribution in [0.25, 0.3) is 0 Å². The highest BCUT2D eigenvalue weighted by Gasteiger charge is 2.20. The van der Waals surface area contributed by atoms with E-state index in [1.807, 2.05) is 0 Å². The van der Waals surface area contributed by atoms with Gasteiger partial charge in [0, 0.05) is 17.8 Å². The summed E-state index contributed by atoms with van der Waals surface area (Å²) in [5.41, 5.74) is 12.2. The standard InChI is InChI=1S/C7H13N3/c8-4-6(9)7(10)5-2-1-3-5/h4-5,8H,1-3,9-10H2/b7-6+,8-4?. The van der Waals surface area contributed by atoms with Gasteiger partial charge in [-0.3, -0.25) is 0 Å². The fraction of sp³-hybridized carbons (Fsp3) is 0.571. The Labute approximate surface area is 60.6 Å². The molecule has 56 valence electrons. The van der Waals surface area contributed by atoms with Crippen molar-refractivity contribution >= 4 is 6.21 Å². The van der Waals surface area contributed by atoms with Crippen molar-refractivity contribution in [1.29, 1.82) is 5.41 Å². The number of nitrogens with one attached hydrogen (secondary N) is 1. The summed E-state index contributed by atoms with van der Waals surface area (Å²) < 4.78 is 0. The highest BCUT2D eigenvalue weighted by atomic mass is 14.7. The summed E-state index contributed by atoms with van der Waals surface area (Å²) in [7, 11) is 0. The number of nitrogens with two attached hydrogens (primary N) is 2. The largest absolute Gasteiger partial charge is 0.400 e. The molecule has 0 bridgehead atoms. The summed E-state index contributed by atoms with van der Waals surface area (Å²) in [5.74, 6) is 0.460. The first-order chi connectivity index (χ1) is 4.75. The van der Waals surface area contributed by atoms with Gasteiger partial charge in [0.05, 0.1) is 5.70 Å². The van der Waals surface area contributed by atoms with E-state index in [-0.39, 0.29) is 0 Å². The minimum atomic E-state index is 0.435. The molecule has 0 aromatic rings. The summed E-state index contributed by atoms with van der Waals surface area (Å²) in [6, 6.07) is 0. The van der Waals surface area contributed by atoms with Gasteiger partial charge in [0.25, 0.3) is 0 Å². The molecule has 0 aliphatic heterocycles. The van der Waals surface area contributed by atoms with Crippen molar-refractivity contribution in [2.45, 2.75) is 19.3 Å². The molecule has 0 amide bonds. The van der Waals surface area contributed by atoms with Gasteiger partial charge in [-0.25, -0.2) is 0 Å². The van der Waals surface area contributed by atoms with Gasteiger partial charge in [0.1, 0.15) is 0 Å². The molecule has 0 aromatic carbocycles. The lowest BCUT2D eigenvalue weighted by atomic mass is 9.82. The van der Waals surface area contributed by atoms with Crippen molar-refractivity contribution in [3.8, 4) is 0 Å². The smallest absolute Gasteiger partial charge is 0.0686 e. The molecule has 5 N–H and O–H groups in total. The Bertz CT molecular complexity index is 168. The zero-order chi connectivity index (χ0) is 7.56. The first-order valence-electron chi connectivity index (χ1n) is 3.51. The lowest BCUT2D eigenvalue weighted by molar-refractivity contribution is 0.363. The Morgan fingerprint density at radius 2 is 2.00 bits per heavy atom. The van der Waals surface area contributed by atoms with Crippen LogP contribution in [0.15, 0.2) is 11.4 Å². The third-order valence-corrected chi connectivity index (χ3v) is 2.03. The third kappa shape index (κ3) is 1.12. The van der Waals surface area contributed by atoms with Gasteiger partial charge < -0.3 is 16.9 Å². The van der Waals surface area contributed by atoms with Gasteiger partial charge >= 0.3 is 0 Å². The molecule has 1 fully saturated rings. The molecule has 1 aliphatic rings. The van der Waals surface area contributed by atoms with E-state index in [1.165, 1.54) is 6.42 Å². The van der Waals surface area contributed by atoms with Crippen molar-refractivity contribution in [2.24, 2.45) is 17.4 Å². The SMILES string of the molecule is N=C/C(N)=C(\N)C1CCC1. The maximum Gasteiger partial charge on any atom is 0.0686 e. The molecule has 1 aliphatic carbocycles. The molecule has 1 rings (SSSR count). The lowest BCUT2D eigenvalue weighted by Crippen LogP contribution is -2.23. The summed E-state index contributed by atoms with van der Waals surface area (Å²) in [6.45, 7) is 0. The maximum absolute atomic E-state index is 6.84. The molecule has 0 saturated heterocycles. The highest BCUT2D eigenvalue weighted by molar-refractivity contribution is 5.75. The summed E-state index contributed by atoms with van der Waals surface area (Å²) >= 11 is 0. The van der Waals surface area contributed by atoms with Crippen LogP contribution in [-0.4, -0.2) is 6.21 Å². The van der Waals surface area contributed by atoms with Crippen LogP contribution in [0.1, 0.15) is 19.3 Å². The van der Waals surface area contributed by atoms with Crippen LogP contribution in [0, 0.1) is 11.3 Å². The van der Waals surface area contributed by atoms with E-state index in [4.69, 9.17) is 16.9 Å². The number of hydrogen-bond donors (Lipinski definition) is 3. The Morgan fingerprint density at radius 3 is 2.30 bits per heavy atom. The minimum absolute atomic E-state index is 0.435. The van der Waals surface area contributed by atoms with Gasteiger partial charge in [-0.15, -0.1) is 0 Å². The summed E-state index contributed by atoms with van der Waals surface area (Å²) in [4.78, 5) is 0. The van der Waals surface area contributed by atoms with E-state index in [2.05, 4.69) is 0 Å². The Hall–Kier alpha value is -0.990. The monoisotopic (exact) mass is 139 g/mol. The molecule has 0 heterocycles. The van der Waals surface area contributed by atoms with Gasteiger partial charge in [-0.05, 0) is 12.8 Å². The van der Waals surface area contributed by atoms with E-state index < -0.39 is 0 Å². The molecular weight excluding hydrogens is 126 g/mol. The molecule has 0 unspecified atom stereocenters. The third-order valence-electron chi connectivity index (χ3n) is 2.03. The topological polar surface area (TPSA) is 75.9 Å². The van der Waals surface area contributed by atoms with Crippen molar-refractivity contribution in [2.75, 3.05) is 0 Å². The van der Waals surface area contributed by atoms with Crippen LogP contribution in [0.2, 0.25) is 0 Å². The first-order valence-corrected chi connectivity index (χ1v) is 3.51. The lowest BCUT2D eigenvalue weighted by Gasteiger charge is -2.26. The molecule has 1 saturated carbocycles. The van der Waals surface area contributed by atoms with E-state index >= 15 is 0 Å². The molecule has 0 spiro atoms. The Kier molecular flexibility index (Phi) is 1.94. The second-order valence-corrected chi connectivity index (χ2v) is 2.68. The molecule has 3 heteroatoms. The van der Waals surface area contributed by atoms with E-state index in [0.717, 1.165) is 19.1 Å². The van der Waals surface area contributed by atoms with Crippen molar-refractivity contribution in [1.82, 2.24) is 0 Å². The van der Waals surface area contributed by atoms with Gasteiger partial charge in [0.15, 0.2) is 0 Å². The molecular formula is C7H13N3. The van der Waals surface area contributed by atoms with Crippen molar-refractivity contribution < 1.29 is 0 Å². The molecule has 3 nitrogen and oxygen atoms in total. The molecule has 0 radical (unpaired) electrons. The van der Waals surface area contributed by atoms with Gasteiger partial charge in [-0.2, -0.15) is 0 Å². The van der Waals surface area contributed by atoms with Crippen LogP contribution in [0.5, 0.6) is 0 Å². The fourth-order valence-corrected chi connectivity index (χ4v) is 1.04. The van der Waals surface area contributed by atoms with E-state index in [9.17, 15) is 0 Å². The van der Waals surface area contributed by atoms with Crippen LogP contribution in [-0.2, 0) is 0 Å². The predicted octanol–water partition coefficient (Wildman–Crippen LogP) is 0.565. The van der Waals surface area contributed by atoms with Crippen LogP contribution in [0.3, 0.4) is 0 Å². The normalized spacial score (nSPS) is 21.2. The number of allylic oxidation sites excluding steroid dienone is 2. The second kappa shape index (κ2) is 2.73. The number of hydrogen-bond acceptors (Lipinski definition) is 3. The average molecular weight is 139 g/mol. The Morgan fingerprint density at radius 1 is 1.40 bits per heavy atom. The van der Waals surface area contributed by atoms with E-state index in [0.29, 0.717) is 17.3 Å². The Balaban J connectivity index is 2.60.